The Morgan fingerprint density at radius 1 is 0.974 bits per heavy atom. The molecule has 202 valence electrons. The molecule has 3 heterocycles. The first-order valence-corrected chi connectivity index (χ1v) is 13.4. The largest absolute Gasteiger partial charge is 0.497 e. The van der Waals surface area contributed by atoms with Crippen LogP contribution in [-0.4, -0.2) is 56.3 Å². The van der Waals surface area contributed by atoms with Gasteiger partial charge < -0.3 is 28.4 Å². The zero-order valence-electron chi connectivity index (χ0n) is 22.4. The fraction of sp³-hybridized carbons (Fsp3) is 0.355. The molecule has 0 bridgehead atoms. The summed E-state index contributed by atoms with van der Waals surface area (Å²) in [5, 5.41) is 1.11. The predicted molar refractivity (Wildman–Crippen MR) is 149 cm³/mol. The number of ether oxygens (including phenoxy) is 3. The van der Waals surface area contributed by atoms with Gasteiger partial charge in [-0.2, -0.15) is 0 Å². The summed E-state index contributed by atoms with van der Waals surface area (Å²) in [5.41, 5.74) is 5.29. The molecule has 39 heavy (non-hydrogen) atoms. The van der Waals surface area contributed by atoms with Gasteiger partial charge in [0.05, 0.1) is 52.3 Å². The summed E-state index contributed by atoms with van der Waals surface area (Å²) in [4.78, 5) is 23.3. The van der Waals surface area contributed by atoms with Gasteiger partial charge in [-0.1, -0.05) is 0 Å². The van der Waals surface area contributed by atoms with Gasteiger partial charge in [-0.05, 0) is 72.9 Å². The molecule has 0 N–H and O–H groups in total. The van der Waals surface area contributed by atoms with Crippen LogP contribution in [-0.2, 0) is 30.7 Å². The van der Waals surface area contributed by atoms with E-state index in [-0.39, 0.29) is 5.91 Å². The monoisotopic (exact) mass is 527 g/mol. The molecule has 0 radical (unpaired) electrons. The van der Waals surface area contributed by atoms with Crippen molar-refractivity contribution in [1.82, 2.24) is 9.88 Å². The number of nitrogens with zero attached hydrogens (tertiary/aromatic N) is 3. The molecule has 0 atom stereocenters. The predicted octanol–water partition coefficient (Wildman–Crippen LogP) is 5.01. The second-order valence-corrected chi connectivity index (χ2v) is 10.1. The quantitative estimate of drug-likeness (QED) is 0.319. The zero-order chi connectivity index (χ0) is 26.8. The summed E-state index contributed by atoms with van der Waals surface area (Å²) >= 11 is 0. The van der Waals surface area contributed by atoms with Crippen LogP contribution in [0.2, 0.25) is 0 Å². The standard InChI is InChI=1S/C31H33N3O5/c1-36-27-15-24(16-28(18-27)37-2)31(35)34(20-26-7-4-10-39-26)19-25-14-23-13-21-5-3-6-22(21)17-29(23)32-30(25)33-8-11-38-12-9-33/h4,7,10,13-18H,3,5-6,8-9,11-12,19-20H2,1-2H3. The molecule has 4 aromatic rings. The van der Waals surface area contributed by atoms with Gasteiger partial charge in [0.15, 0.2) is 0 Å². The lowest BCUT2D eigenvalue weighted by Gasteiger charge is -2.31. The topological polar surface area (TPSA) is 77.3 Å². The smallest absolute Gasteiger partial charge is 0.254 e. The average molecular weight is 528 g/mol. The zero-order valence-corrected chi connectivity index (χ0v) is 22.4. The molecular formula is C31H33N3O5. The second kappa shape index (κ2) is 11.0. The molecule has 0 spiro atoms. The summed E-state index contributed by atoms with van der Waals surface area (Å²) in [5.74, 6) is 2.59. The van der Waals surface area contributed by atoms with E-state index in [2.05, 4.69) is 23.1 Å². The van der Waals surface area contributed by atoms with Gasteiger partial charge in [-0.15, -0.1) is 0 Å². The Bertz CT molecular complexity index is 1460. The number of benzene rings is 2. The molecule has 2 aliphatic rings. The number of fused-ring (bicyclic) bond motifs is 2. The number of hydrogen-bond donors (Lipinski definition) is 0. The van der Waals surface area contributed by atoms with E-state index >= 15 is 0 Å². The Morgan fingerprint density at radius 2 is 1.72 bits per heavy atom. The minimum atomic E-state index is -0.148. The van der Waals surface area contributed by atoms with E-state index in [9.17, 15) is 4.79 Å². The van der Waals surface area contributed by atoms with Crippen LogP contribution in [0, 0.1) is 0 Å². The Kier molecular flexibility index (Phi) is 7.11. The molecule has 0 unspecified atom stereocenters. The summed E-state index contributed by atoms with van der Waals surface area (Å²) in [6, 6.07) is 15.7. The summed E-state index contributed by atoms with van der Waals surface area (Å²) in [6.45, 7) is 3.51. The number of rotatable bonds is 8. The molecule has 1 aliphatic heterocycles. The number of hydrogen-bond acceptors (Lipinski definition) is 7. The third-order valence-corrected chi connectivity index (χ3v) is 7.57. The molecule has 1 fully saturated rings. The van der Waals surface area contributed by atoms with Crippen molar-refractivity contribution < 1.29 is 23.4 Å². The molecule has 1 amide bonds. The minimum absolute atomic E-state index is 0.148. The van der Waals surface area contributed by atoms with Crippen LogP contribution in [0.15, 0.2) is 59.2 Å². The van der Waals surface area contributed by atoms with E-state index in [0.29, 0.717) is 49.1 Å². The van der Waals surface area contributed by atoms with Crippen molar-refractivity contribution in [3.63, 3.8) is 0 Å². The number of methoxy groups -OCH3 is 2. The van der Waals surface area contributed by atoms with Crippen LogP contribution in [0.5, 0.6) is 11.5 Å². The normalized spacial score (nSPS) is 14.9. The first-order chi connectivity index (χ1) is 19.1. The van der Waals surface area contributed by atoms with Gasteiger partial charge in [0.25, 0.3) is 5.91 Å². The molecule has 6 rings (SSSR count). The lowest BCUT2D eigenvalue weighted by atomic mass is 10.0. The van der Waals surface area contributed by atoms with Gasteiger partial charge in [0.2, 0.25) is 0 Å². The maximum atomic E-state index is 14.0. The Balaban J connectivity index is 1.42. The number of anilines is 1. The molecule has 0 saturated carbocycles. The second-order valence-electron chi connectivity index (χ2n) is 10.1. The van der Waals surface area contributed by atoms with E-state index in [4.69, 9.17) is 23.6 Å². The van der Waals surface area contributed by atoms with Crippen molar-refractivity contribution in [2.45, 2.75) is 32.4 Å². The van der Waals surface area contributed by atoms with Gasteiger partial charge in [-0.25, -0.2) is 4.98 Å². The number of carbonyl (C=O) groups is 1. The van der Waals surface area contributed by atoms with Crippen LogP contribution in [0.4, 0.5) is 5.82 Å². The van der Waals surface area contributed by atoms with E-state index in [1.54, 1.807) is 43.6 Å². The van der Waals surface area contributed by atoms with Gasteiger partial charge >= 0.3 is 0 Å². The molecule has 8 heteroatoms. The molecular weight excluding hydrogens is 494 g/mol. The van der Waals surface area contributed by atoms with Gasteiger partial charge in [-0.3, -0.25) is 4.79 Å². The molecule has 8 nitrogen and oxygen atoms in total. The lowest BCUT2D eigenvalue weighted by molar-refractivity contribution is 0.0716. The number of aryl methyl sites for hydroxylation is 2. The Morgan fingerprint density at radius 3 is 2.41 bits per heavy atom. The number of amides is 1. The number of furan rings is 1. The van der Waals surface area contributed by atoms with Gasteiger partial charge in [0, 0.05) is 35.7 Å². The summed E-state index contributed by atoms with van der Waals surface area (Å²) < 4.78 is 22.2. The highest BCUT2D eigenvalue weighted by Crippen LogP contribution is 2.32. The lowest BCUT2D eigenvalue weighted by Crippen LogP contribution is -2.38. The van der Waals surface area contributed by atoms with Crippen molar-refractivity contribution in [1.29, 1.82) is 0 Å². The first-order valence-electron chi connectivity index (χ1n) is 13.4. The number of aromatic nitrogens is 1. The number of carbonyl (C=O) groups excluding carboxylic acids is 1. The molecule has 2 aromatic carbocycles. The highest BCUT2D eigenvalue weighted by molar-refractivity contribution is 5.95. The molecule has 1 aliphatic carbocycles. The van der Waals surface area contributed by atoms with E-state index < -0.39 is 0 Å². The molecule has 1 saturated heterocycles. The fourth-order valence-corrected chi connectivity index (χ4v) is 5.56. The summed E-state index contributed by atoms with van der Waals surface area (Å²) in [7, 11) is 3.16. The van der Waals surface area contributed by atoms with E-state index in [1.165, 1.54) is 17.5 Å². The Labute approximate surface area is 228 Å². The highest BCUT2D eigenvalue weighted by Gasteiger charge is 2.25. The van der Waals surface area contributed by atoms with Crippen molar-refractivity contribution in [3.05, 3.63) is 82.8 Å². The van der Waals surface area contributed by atoms with Crippen molar-refractivity contribution in [2.24, 2.45) is 0 Å². The fourth-order valence-electron chi connectivity index (χ4n) is 5.56. The van der Waals surface area contributed by atoms with E-state index in [0.717, 1.165) is 48.2 Å². The Hall–Kier alpha value is -4.04. The van der Waals surface area contributed by atoms with Crippen LogP contribution in [0.3, 0.4) is 0 Å². The van der Waals surface area contributed by atoms with Gasteiger partial charge in [0.1, 0.15) is 23.1 Å². The number of pyridine rings is 1. The first kappa shape index (κ1) is 25.2. The van der Waals surface area contributed by atoms with Crippen LogP contribution in [0.25, 0.3) is 10.9 Å². The van der Waals surface area contributed by atoms with Crippen molar-refractivity contribution in [3.8, 4) is 11.5 Å². The SMILES string of the molecule is COc1cc(OC)cc(C(=O)N(Cc2ccco2)Cc2cc3cc4c(cc3nc2N2CCOCC2)CCC4)c1. The third kappa shape index (κ3) is 5.29. The van der Waals surface area contributed by atoms with Crippen LogP contribution in [0.1, 0.15) is 39.2 Å². The third-order valence-electron chi connectivity index (χ3n) is 7.57. The van der Waals surface area contributed by atoms with Crippen LogP contribution < -0.4 is 14.4 Å². The van der Waals surface area contributed by atoms with Crippen LogP contribution >= 0.6 is 0 Å². The summed E-state index contributed by atoms with van der Waals surface area (Å²) in [6.07, 6.45) is 5.03. The van der Waals surface area contributed by atoms with Crippen molar-refractivity contribution in [2.75, 3.05) is 45.4 Å². The average Bonchev–Trinajstić information content (AvgIpc) is 3.67. The van der Waals surface area contributed by atoms with E-state index in [1.807, 2.05) is 12.1 Å². The number of morpholine rings is 1. The minimum Gasteiger partial charge on any atom is -0.497 e. The van der Waals surface area contributed by atoms with Crippen molar-refractivity contribution >= 4 is 22.6 Å². The maximum absolute atomic E-state index is 14.0. The maximum Gasteiger partial charge on any atom is 0.254 e. The molecule has 2 aromatic heterocycles. The highest BCUT2D eigenvalue weighted by atomic mass is 16.5.